The molecule has 0 radical (unpaired) electrons. The average molecular weight is 361 g/mol. The lowest BCUT2D eigenvalue weighted by molar-refractivity contribution is 0.0705. The highest BCUT2D eigenvalue weighted by molar-refractivity contribution is 5.94. The third-order valence-electron chi connectivity index (χ3n) is 5.07. The second-order valence-corrected chi connectivity index (χ2v) is 6.82. The number of carbonyl (C=O) groups is 1. The molecule has 1 unspecified atom stereocenters. The second kappa shape index (κ2) is 7.70. The third-order valence-corrected chi connectivity index (χ3v) is 5.07. The van der Waals surface area contributed by atoms with Gasteiger partial charge in [0.15, 0.2) is 0 Å². The van der Waals surface area contributed by atoms with Gasteiger partial charge in [-0.3, -0.25) is 14.3 Å². The van der Waals surface area contributed by atoms with Gasteiger partial charge in [0.05, 0.1) is 5.56 Å². The van der Waals surface area contributed by atoms with E-state index < -0.39 is 0 Å². The van der Waals surface area contributed by atoms with Crippen LogP contribution >= 0.6 is 0 Å². The molecule has 6 heteroatoms. The summed E-state index contributed by atoms with van der Waals surface area (Å²) in [5.41, 5.74) is 1.68. The van der Waals surface area contributed by atoms with E-state index in [1.807, 2.05) is 40.1 Å². The fraction of sp³-hybridized carbons (Fsp3) is 0.333. The number of nitrogens with zero attached hydrogens (tertiary/aromatic N) is 5. The summed E-state index contributed by atoms with van der Waals surface area (Å²) in [7, 11) is 0. The molecule has 27 heavy (non-hydrogen) atoms. The maximum Gasteiger partial charge on any atom is 0.255 e. The minimum absolute atomic E-state index is 0.0480. The van der Waals surface area contributed by atoms with Crippen LogP contribution in [0.1, 0.15) is 47.6 Å². The average Bonchev–Trinajstić information content (AvgIpc) is 3.23. The molecule has 1 aliphatic heterocycles. The van der Waals surface area contributed by atoms with Crippen molar-refractivity contribution < 1.29 is 4.79 Å². The molecular formula is C21H23N5O. The van der Waals surface area contributed by atoms with E-state index in [-0.39, 0.29) is 11.8 Å². The van der Waals surface area contributed by atoms with Crippen LogP contribution in [0.3, 0.4) is 0 Å². The smallest absolute Gasteiger partial charge is 0.255 e. The molecular weight excluding hydrogens is 338 g/mol. The molecule has 4 heterocycles. The van der Waals surface area contributed by atoms with Crippen LogP contribution in [0, 0.1) is 0 Å². The van der Waals surface area contributed by atoms with Gasteiger partial charge < -0.3 is 4.90 Å². The molecule has 4 rings (SSSR count). The Kier molecular flexibility index (Phi) is 4.96. The fourth-order valence-electron chi connectivity index (χ4n) is 3.68. The van der Waals surface area contributed by atoms with Gasteiger partial charge in [-0.05, 0) is 37.1 Å². The van der Waals surface area contributed by atoms with Crippen molar-refractivity contribution in [1.29, 1.82) is 0 Å². The second-order valence-electron chi connectivity index (χ2n) is 6.82. The number of aromatic nitrogens is 4. The quantitative estimate of drug-likeness (QED) is 0.716. The van der Waals surface area contributed by atoms with Gasteiger partial charge in [0.25, 0.3) is 5.91 Å². The minimum atomic E-state index is 0.0480. The van der Waals surface area contributed by atoms with E-state index in [0.29, 0.717) is 12.1 Å². The highest BCUT2D eigenvalue weighted by Crippen LogP contribution is 2.27. The van der Waals surface area contributed by atoms with Crippen molar-refractivity contribution in [2.24, 2.45) is 0 Å². The summed E-state index contributed by atoms with van der Waals surface area (Å²) in [5, 5.41) is 0. The predicted octanol–water partition coefficient (Wildman–Crippen LogP) is 3.24. The molecule has 0 saturated carbocycles. The fourth-order valence-corrected chi connectivity index (χ4v) is 3.68. The molecule has 1 atom stereocenters. The van der Waals surface area contributed by atoms with Crippen LogP contribution in [-0.4, -0.2) is 43.4 Å². The summed E-state index contributed by atoms with van der Waals surface area (Å²) >= 11 is 0. The number of pyridine rings is 2. The number of aryl methyl sites for hydroxylation is 1. The van der Waals surface area contributed by atoms with Crippen molar-refractivity contribution in [3.05, 3.63) is 72.2 Å². The number of hydrogen-bond donors (Lipinski definition) is 0. The van der Waals surface area contributed by atoms with E-state index in [1.54, 1.807) is 18.5 Å². The summed E-state index contributed by atoms with van der Waals surface area (Å²) in [4.78, 5) is 28.0. The Morgan fingerprint density at radius 3 is 2.96 bits per heavy atom. The van der Waals surface area contributed by atoms with Crippen molar-refractivity contribution in [3.63, 3.8) is 0 Å². The van der Waals surface area contributed by atoms with Crippen LogP contribution in [0.25, 0.3) is 5.82 Å². The van der Waals surface area contributed by atoms with Crippen molar-refractivity contribution in [3.8, 4) is 5.82 Å². The molecule has 1 aliphatic rings. The van der Waals surface area contributed by atoms with E-state index in [2.05, 4.69) is 23.0 Å². The number of likely N-dealkylation sites (tertiary alicyclic amines) is 1. The topological polar surface area (TPSA) is 63.9 Å². The van der Waals surface area contributed by atoms with Crippen molar-refractivity contribution in [2.45, 2.75) is 32.1 Å². The van der Waals surface area contributed by atoms with Gasteiger partial charge in [-0.1, -0.05) is 13.0 Å². The maximum atomic E-state index is 12.8. The van der Waals surface area contributed by atoms with Crippen molar-refractivity contribution >= 4 is 5.91 Å². The number of hydrogen-bond acceptors (Lipinski definition) is 4. The lowest BCUT2D eigenvalue weighted by atomic mass is 9.94. The highest BCUT2D eigenvalue weighted by atomic mass is 16.2. The van der Waals surface area contributed by atoms with Gasteiger partial charge in [-0.2, -0.15) is 0 Å². The minimum Gasteiger partial charge on any atom is -0.338 e. The lowest BCUT2D eigenvalue weighted by Crippen LogP contribution is -2.39. The zero-order chi connectivity index (χ0) is 18.6. The molecule has 1 saturated heterocycles. The SMILES string of the molecule is CCc1nccn1-c1cccc(C2CCCN(C(=O)c3cccnc3)C2)n1. The van der Waals surface area contributed by atoms with Crippen LogP contribution in [0.2, 0.25) is 0 Å². The molecule has 0 aliphatic carbocycles. The molecule has 0 aromatic carbocycles. The standard InChI is InChI=1S/C21H23N5O/c1-2-19-23-11-13-26(19)20-9-3-8-18(24-20)17-7-5-12-25(15-17)21(27)16-6-4-10-22-14-16/h3-4,6,8-11,13-14,17H,2,5,7,12,15H2,1H3. The molecule has 1 amide bonds. The van der Waals surface area contributed by atoms with Gasteiger partial charge >= 0.3 is 0 Å². The molecule has 1 fully saturated rings. The first-order valence-corrected chi connectivity index (χ1v) is 9.45. The first kappa shape index (κ1) is 17.4. The highest BCUT2D eigenvalue weighted by Gasteiger charge is 2.26. The van der Waals surface area contributed by atoms with Crippen LogP contribution in [0.4, 0.5) is 0 Å². The Morgan fingerprint density at radius 1 is 1.22 bits per heavy atom. The first-order chi connectivity index (χ1) is 13.3. The van der Waals surface area contributed by atoms with Crippen LogP contribution in [0.15, 0.2) is 55.1 Å². The zero-order valence-electron chi connectivity index (χ0n) is 15.5. The normalized spacial score (nSPS) is 17.1. The maximum absolute atomic E-state index is 12.8. The third kappa shape index (κ3) is 3.60. The molecule has 3 aromatic heterocycles. The summed E-state index contributed by atoms with van der Waals surface area (Å²) < 4.78 is 2.03. The Bertz CT molecular complexity index is 921. The van der Waals surface area contributed by atoms with Crippen LogP contribution < -0.4 is 0 Å². The van der Waals surface area contributed by atoms with Gasteiger partial charge in [-0.15, -0.1) is 0 Å². The number of piperidine rings is 1. The number of rotatable bonds is 4. The van der Waals surface area contributed by atoms with Crippen LogP contribution in [-0.2, 0) is 6.42 Å². The van der Waals surface area contributed by atoms with E-state index in [9.17, 15) is 4.79 Å². The van der Waals surface area contributed by atoms with Gasteiger partial charge in [-0.25, -0.2) is 9.97 Å². The number of carbonyl (C=O) groups excluding carboxylic acids is 1. The van der Waals surface area contributed by atoms with Gasteiger partial charge in [0, 0.05) is 55.9 Å². The van der Waals surface area contributed by atoms with Crippen molar-refractivity contribution in [2.75, 3.05) is 13.1 Å². The molecule has 0 N–H and O–H groups in total. The van der Waals surface area contributed by atoms with Gasteiger partial charge in [0.2, 0.25) is 0 Å². The van der Waals surface area contributed by atoms with Crippen LogP contribution in [0.5, 0.6) is 0 Å². The molecule has 138 valence electrons. The molecule has 0 spiro atoms. The Labute approximate surface area is 158 Å². The summed E-state index contributed by atoms with van der Waals surface area (Å²) in [6.07, 6.45) is 9.95. The summed E-state index contributed by atoms with van der Waals surface area (Å²) in [6.45, 7) is 3.56. The first-order valence-electron chi connectivity index (χ1n) is 9.45. The molecule has 3 aromatic rings. The van der Waals surface area contributed by atoms with Crippen molar-refractivity contribution in [1.82, 2.24) is 24.4 Å². The van der Waals surface area contributed by atoms with E-state index in [4.69, 9.17) is 4.98 Å². The monoisotopic (exact) mass is 361 g/mol. The number of imidazole rings is 1. The largest absolute Gasteiger partial charge is 0.338 e. The van der Waals surface area contributed by atoms with E-state index in [0.717, 1.165) is 43.1 Å². The summed E-state index contributed by atoms with van der Waals surface area (Å²) in [6, 6.07) is 9.73. The molecule has 0 bridgehead atoms. The predicted molar refractivity (Wildman–Crippen MR) is 103 cm³/mol. The van der Waals surface area contributed by atoms with E-state index in [1.165, 1.54) is 0 Å². The Hall–Kier alpha value is -3.02. The lowest BCUT2D eigenvalue weighted by Gasteiger charge is -2.32. The van der Waals surface area contributed by atoms with E-state index >= 15 is 0 Å². The van der Waals surface area contributed by atoms with Gasteiger partial charge in [0.1, 0.15) is 11.6 Å². The number of amides is 1. The summed E-state index contributed by atoms with van der Waals surface area (Å²) in [5.74, 6) is 2.17. The Morgan fingerprint density at radius 2 is 2.15 bits per heavy atom. The zero-order valence-corrected chi connectivity index (χ0v) is 15.5. The molecule has 6 nitrogen and oxygen atoms in total. The Balaban J connectivity index is 1.55.